The highest BCUT2D eigenvalue weighted by Gasteiger charge is 2.24. The first-order valence-corrected chi connectivity index (χ1v) is 10.9. The molecule has 7 heteroatoms. The number of thioether (sulfide) groups is 1. The number of para-hydroxylation sites is 1. The van der Waals surface area contributed by atoms with Gasteiger partial charge in [-0.1, -0.05) is 42.5 Å². The van der Waals surface area contributed by atoms with Gasteiger partial charge < -0.3 is 14.8 Å². The van der Waals surface area contributed by atoms with Gasteiger partial charge in [0.05, 0.1) is 17.2 Å². The van der Waals surface area contributed by atoms with E-state index in [4.69, 9.17) is 9.47 Å². The maximum atomic E-state index is 13.9. The molecule has 32 heavy (non-hydrogen) atoms. The van der Waals surface area contributed by atoms with Crippen molar-refractivity contribution in [3.63, 3.8) is 0 Å². The van der Waals surface area contributed by atoms with Crippen molar-refractivity contribution in [1.29, 1.82) is 0 Å². The number of carbonyl (C=O) groups is 1. The molecule has 0 bridgehead atoms. The smallest absolute Gasteiger partial charge is 0.264 e. The van der Waals surface area contributed by atoms with Gasteiger partial charge in [-0.05, 0) is 60.7 Å². The lowest BCUT2D eigenvalue weighted by Gasteiger charge is -2.13. The third kappa shape index (κ3) is 5.36. The predicted octanol–water partition coefficient (Wildman–Crippen LogP) is 5.70. The minimum atomic E-state index is -0.316. The number of aliphatic imine (C=N–C) groups is 1. The van der Waals surface area contributed by atoms with Gasteiger partial charge in [-0.2, -0.15) is 0 Å². The zero-order chi connectivity index (χ0) is 22.3. The maximum Gasteiger partial charge on any atom is 0.264 e. The van der Waals surface area contributed by atoms with Crippen LogP contribution in [0.4, 0.5) is 10.1 Å². The van der Waals surface area contributed by atoms with Crippen molar-refractivity contribution in [3.05, 3.63) is 94.6 Å². The summed E-state index contributed by atoms with van der Waals surface area (Å²) in [5, 5.41) is 3.31. The number of hydrogen-bond acceptors (Lipinski definition) is 5. The first-order chi connectivity index (χ1) is 15.6. The molecule has 1 saturated heterocycles. The Hall–Kier alpha value is -3.58. The average molecular weight is 449 g/mol. The number of carbonyl (C=O) groups excluding carboxylic acids is 1. The summed E-state index contributed by atoms with van der Waals surface area (Å²) in [6.45, 7) is 2.41. The molecular weight excluding hydrogens is 427 g/mol. The van der Waals surface area contributed by atoms with E-state index in [1.54, 1.807) is 36.4 Å². The third-order valence-electron chi connectivity index (χ3n) is 4.54. The van der Waals surface area contributed by atoms with E-state index in [1.807, 2.05) is 43.3 Å². The van der Waals surface area contributed by atoms with Crippen LogP contribution in [0.2, 0.25) is 0 Å². The lowest BCUT2D eigenvalue weighted by molar-refractivity contribution is -0.115. The molecule has 0 aromatic heterocycles. The zero-order valence-corrected chi connectivity index (χ0v) is 18.2. The molecule has 0 unspecified atom stereocenters. The number of amidine groups is 1. The number of ether oxygens (including phenoxy) is 2. The van der Waals surface area contributed by atoms with Crippen LogP contribution in [0.1, 0.15) is 18.1 Å². The van der Waals surface area contributed by atoms with Crippen molar-refractivity contribution >= 4 is 34.6 Å². The van der Waals surface area contributed by atoms with Crippen LogP contribution >= 0.6 is 11.8 Å². The van der Waals surface area contributed by atoms with Gasteiger partial charge in [0.2, 0.25) is 0 Å². The summed E-state index contributed by atoms with van der Waals surface area (Å²) < 4.78 is 25.4. The van der Waals surface area contributed by atoms with Gasteiger partial charge in [0.1, 0.15) is 12.4 Å². The van der Waals surface area contributed by atoms with Crippen LogP contribution in [-0.4, -0.2) is 17.7 Å². The van der Waals surface area contributed by atoms with Crippen LogP contribution in [-0.2, 0) is 11.4 Å². The monoisotopic (exact) mass is 448 g/mol. The van der Waals surface area contributed by atoms with Gasteiger partial charge in [-0.25, -0.2) is 9.38 Å². The fourth-order valence-corrected chi connectivity index (χ4v) is 3.87. The molecule has 5 nitrogen and oxygen atoms in total. The highest BCUT2D eigenvalue weighted by Crippen LogP contribution is 2.33. The molecule has 1 heterocycles. The Labute approximate surface area is 190 Å². The number of rotatable bonds is 7. The minimum absolute atomic E-state index is 0.0880. The second kappa shape index (κ2) is 10.2. The molecule has 1 fully saturated rings. The summed E-state index contributed by atoms with van der Waals surface area (Å²) in [5.41, 5.74) is 2.02. The summed E-state index contributed by atoms with van der Waals surface area (Å²) >= 11 is 1.28. The quantitative estimate of drug-likeness (QED) is 0.472. The lowest BCUT2D eigenvalue weighted by atomic mass is 10.1. The molecule has 1 amide bonds. The Morgan fingerprint density at radius 2 is 1.78 bits per heavy atom. The van der Waals surface area contributed by atoms with Gasteiger partial charge in [0.25, 0.3) is 5.91 Å². The van der Waals surface area contributed by atoms with Crippen molar-refractivity contribution in [2.24, 2.45) is 4.99 Å². The van der Waals surface area contributed by atoms with Crippen LogP contribution in [0.3, 0.4) is 0 Å². The molecule has 0 radical (unpaired) electrons. The Morgan fingerprint density at radius 3 is 2.56 bits per heavy atom. The van der Waals surface area contributed by atoms with Crippen molar-refractivity contribution < 1.29 is 18.7 Å². The Morgan fingerprint density at radius 1 is 1.00 bits per heavy atom. The molecule has 0 atom stereocenters. The van der Waals surface area contributed by atoms with Gasteiger partial charge in [-0.3, -0.25) is 4.79 Å². The second-order valence-corrected chi connectivity index (χ2v) is 7.87. The molecule has 162 valence electrons. The van der Waals surface area contributed by atoms with Crippen LogP contribution < -0.4 is 14.8 Å². The van der Waals surface area contributed by atoms with Crippen molar-refractivity contribution in [2.45, 2.75) is 13.5 Å². The number of halogens is 1. The lowest BCUT2D eigenvalue weighted by Crippen LogP contribution is -2.19. The number of amides is 1. The zero-order valence-electron chi connectivity index (χ0n) is 17.4. The summed E-state index contributed by atoms with van der Waals surface area (Å²) in [4.78, 5) is 17.4. The van der Waals surface area contributed by atoms with Crippen molar-refractivity contribution in [1.82, 2.24) is 5.32 Å². The molecule has 3 aromatic rings. The SMILES string of the molecule is CCOc1cc(/C=C2\SC(=Nc3ccccc3)NC2=O)ccc1OCc1ccccc1F. The second-order valence-electron chi connectivity index (χ2n) is 6.84. The average Bonchev–Trinajstić information content (AvgIpc) is 3.13. The van der Waals surface area contributed by atoms with Crippen LogP contribution in [0, 0.1) is 5.82 Å². The van der Waals surface area contributed by atoms with Gasteiger partial charge in [-0.15, -0.1) is 0 Å². The Bertz CT molecular complexity index is 1180. The highest BCUT2D eigenvalue weighted by molar-refractivity contribution is 8.18. The number of nitrogens with zero attached hydrogens (tertiary/aromatic N) is 1. The number of nitrogens with one attached hydrogen (secondary N) is 1. The molecule has 0 aliphatic carbocycles. The standard InChI is InChI=1S/C25H21FN2O3S/c1-2-30-22-14-17(12-13-21(22)31-16-18-8-6-7-11-20(18)26)15-23-24(29)28-25(32-23)27-19-9-4-3-5-10-19/h3-15H,2,16H2,1H3,(H,27,28,29)/b23-15-. The van der Waals surface area contributed by atoms with E-state index in [0.717, 1.165) is 11.3 Å². The fraction of sp³-hybridized carbons (Fsp3) is 0.120. The van der Waals surface area contributed by atoms with E-state index in [9.17, 15) is 9.18 Å². The molecule has 4 rings (SSSR count). The molecule has 1 aliphatic rings. The molecular formula is C25H21FN2O3S. The van der Waals surface area contributed by atoms with Crippen LogP contribution in [0.5, 0.6) is 11.5 Å². The normalized spacial score (nSPS) is 15.8. The molecule has 1 N–H and O–H groups in total. The van der Waals surface area contributed by atoms with E-state index < -0.39 is 0 Å². The van der Waals surface area contributed by atoms with E-state index in [1.165, 1.54) is 17.8 Å². The summed E-state index contributed by atoms with van der Waals surface area (Å²) in [6.07, 6.45) is 1.77. The molecule has 3 aromatic carbocycles. The molecule has 0 saturated carbocycles. The number of hydrogen-bond donors (Lipinski definition) is 1. The molecule has 0 spiro atoms. The van der Waals surface area contributed by atoms with E-state index in [-0.39, 0.29) is 18.3 Å². The van der Waals surface area contributed by atoms with Crippen LogP contribution in [0.25, 0.3) is 6.08 Å². The van der Waals surface area contributed by atoms with Gasteiger partial charge in [0.15, 0.2) is 16.7 Å². The summed E-state index contributed by atoms with van der Waals surface area (Å²) in [7, 11) is 0. The van der Waals surface area contributed by atoms with E-state index in [2.05, 4.69) is 10.3 Å². The topological polar surface area (TPSA) is 59.9 Å². The van der Waals surface area contributed by atoms with Crippen molar-refractivity contribution in [3.8, 4) is 11.5 Å². The predicted molar refractivity (Wildman–Crippen MR) is 126 cm³/mol. The Kier molecular flexibility index (Phi) is 6.87. The third-order valence-corrected chi connectivity index (χ3v) is 5.45. The van der Waals surface area contributed by atoms with Crippen molar-refractivity contribution in [2.75, 3.05) is 6.61 Å². The Balaban J connectivity index is 1.52. The first-order valence-electron chi connectivity index (χ1n) is 10.1. The summed E-state index contributed by atoms with van der Waals surface area (Å²) in [5.74, 6) is 0.512. The van der Waals surface area contributed by atoms with Crippen LogP contribution in [0.15, 0.2) is 82.7 Å². The number of benzene rings is 3. The highest BCUT2D eigenvalue weighted by atomic mass is 32.2. The van der Waals surface area contributed by atoms with E-state index >= 15 is 0 Å². The first kappa shape index (κ1) is 21.6. The largest absolute Gasteiger partial charge is 0.490 e. The van der Waals surface area contributed by atoms with Gasteiger partial charge >= 0.3 is 0 Å². The maximum absolute atomic E-state index is 13.9. The minimum Gasteiger partial charge on any atom is -0.490 e. The molecule has 1 aliphatic heterocycles. The van der Waals surface area contributed by atoms with Gasteiger partial charge in [0, 0.05) is 5.56 Å². The fourth-order valence-electron chi connectivity index (χ4n) is 3.02. The summed E-state index contributed by atoms with van der Waals surface area (Å²) in [6, 6.07) is 21.3. The van der Waals surface area contributed by atoms with E-state index in [0.29, 0.717) is 33.7 Å².